The molecule has 1 fully saturated rings. The molecule has 0 amide bonds. The molecule has 0 spiro atoms. The van der Waals surface area contributed by atoms with E-state index in [1.165, 1.54) is 5.56 Å². The molecule has 0 saturated carbocycles. The highest BCUT2D eigenvalue weighted by Crippen LogP contribution is 2.18. The lowest BCUT2D eigenvalue weighted by atomic mass is 10.1. The van der Waals surface area contributed by atoms with Crippen LogP contribution < -0.4 is 10.5 Å². The van der Waals surface area contributed by atoms with E-state index < -0.39 is 0 Å². The van der Waals surface area contributed by atoms with Crippen molar-refractivity contribution in [3.63, 3.8) is 0 Å². The third-order valence-corrected chi connectivity index (χ3v) is 3.88. The fourth-order valence-electron chi connectivity index (χ4n) is 2.48. The Kier molecular flexibility index (Phi) is 3.75. The van der Waals surface area contributed by atoms with Crippen LogP contribution in [0.2, 0.25) is 0 Å². The molecule has 1 aliphatic rings. The summed E-state index contributed by atoms with van der Waals surface area (Å²) in [7, 11) is 2.11. The van der Waals surface area contributed by atoms with Gasteiger partial charge < -0.3 is 9.80 Å². The molecule has 0 bridgehead atoms. The van der Waals surface area contributed by atoms with Gasteiger partial charge in [0, 0.05) is 37.8 Å². The van der Waals surface area contributed by atoms with E-state index in [1.807, 2.05) is 31.2 Å². The van der Waals surface area contributed by atoms with Gasteiger partial charge in [-0.3, -0.25) is 9.78 Å². The Labute approximate surface area is 124 Å². The second-order valence-corrected chi connectivity index (χ2v) is 5.61. The average Bonchev–Trinajstić information content (AvgIpc) is 2.48. The maximum absolute atomic E-state index is 11.9. The van der Waals surface area contributed by atoms with Gasteiger partial charge in [0.15, 0.2) is 0 Å². The largest absolute Gasteiger partial charge is 0.340 e. The van der Waals surface area contributed by atoms with Crippen LogP contribution in [-0.2, 0) is 0 Å². The van der Waals surface area contributed by atoms with Gasteiger partial charge >= 0.3 is 0 Å². The fraction of sp³-hybridized carbons (Fsp3) is 0.375. The zero-order valence-electron chi connectivity index (χ0n) is 12.5. The number of aromatic amines is 1. The number of aromatic nitrogens is 2. The van der Waals surface area contributed by atoms with Crippen LogP contribution in [0.1, 0.15) is 5.56 Å². The first-order valence-corrected chi connectivity index (χ1v) is 7.24. The molecule has 1 N–H and O–H groups in total. The smallest absolute Gasteiger partial charge is 0.252 e. The minimum absolute atomic E-state index is 0.102. The summed E-state index contributed by atoms with van der Waals surface area (Å²) in [6.45, 7) is 5.79. The summed E-state index contributed by atoms with van der Waals surface area (Å²) in [5.74, 6) is 0.672. The number of hydrogen-bond donors (Lipinski definition) is 1. The van der Waals surface area contributed by atoms with E-state index in [-0.39, 0.29) is 5.56 Å². The summed E-state index contributed by atoms with van der Waals surface area (Å²) in [6, 6.07) is 9.64. The summed E-state index contributed by atoms with van der Waals surface area (Å²) in [6.07, 6.45) is 0. The minimum atomic E-state index is -0.102. The molecule has 0 radical (unpaired) electrons. The normalized spacial score (nSPS) is 16.2. The van der Waals surface area contributed by atoms with Crippen LogP contribution >= 0.6 is 0 Å². The summed E-state index contributed by atoms with van der Waals surface area (Å²) >= 11 is 0. The third-order valence-electron chi connectivity index (χ3n) is 3.88. The summed E-state index contributed by atoms with van der Waals surface area (Å²) in [5.41, 5.74) is 2.80. The number of likely N-dealkylation sites (N-methyl/N-ethyl adjacent to an activating group) is 1. The topological polar surface area (TPSA) is 52.2 Å². The van der Waals surface area contributed by atoms with Gasteiger partial charge in [0.2, 0.25) is 5.95 Å². The van der Waals surface area contributed by atoms with Crippen molar-refractivity contribution < 1.29 is 0 Å². The van der Waals surface area contributed by atoms with Gasteiger partial charge in [-0.15, -0.1) is 0 Å². The number of H-pyrrole nitrogens is 1. The van der Waals surface area contributed by atoms with Crippen LogP contribution in [0.25, 0.3) is 11.3 Å². The highest BCUT2D eigenvalue weighted by molar-refractivity contribution is 5.60. The van der Waals surface area contributed by atoms with Gasteiger partial charge in [0.25, 0.3) is 5.56 Å². The van der Waals surface area contributed by atoms with Crippen LogP contribution in [0, 0.1) is 6.92 Å². The number of rotatable bonds is 2. The fourth-order valence-corrected chi connectivity index (χ4v) is 2.48. The number of hydrogen-bond acceptors (Lipinski definition) is 4. The molecule has 0 aliphatic carbocycles. The van der Waals surface area contributed by atoms with Gasteiger partial charge in [0.1, 0.15) is 0 Å². The molecular weight excluding hydrogens is 264 g/mol. The van der Waals surface area contributed by atoms with E-state index in [0.29, 0.717) is 5.95 Å². The molecule has 3 rings (SSSR count). The first kappa shape index (κ1) is 13.8. The van der Waals surface area contributed by atoms with Crippen molar-refractivity contribution in [3.8, 4) is 11.3 Å². The Morgan fingerprint density at radius 1 is 1.10 bits per heavy atom. The Hall–Kier alpha value is -2.14. The average molecular weight is 284 g/mol. The molecule has 0 unspecified atom stereocenters. The molecule has 5 heteroatoms. The molecule has 1 aliphatic heterocycles. The minimum Gasteiger partial charge on any atom is -0.340 e. The Balaban J connectivity index is 1.93. The first-order chi connectivity index (χ1) is 10.1. The lowest BCUT2D eigenvalue weighted by Crippen LogP contribution is -2.45. The van der Waals surface area contributed by atoms with Crippen LogP contribution in [0.3, 0.4) is 0 Å². The molecule has 0 atom stereocenters. The molecule has 1 saturated heterocycles. The van der Waals surface area contributed by atoms with Crippen LogP contribution in [0.5, 0.6) is 0 Å². The molecule has 1 aromatic carbocycles. The monoisotopic (exact) mass is 284 g/mol. The molecule has 21 heavy (non-hydrogen) atoms. The van der Waals surface area contributed by atoms with Gasteiger partial charge in [0.05, 0.1) is 5.69 Å². The van der Waals surface area contributed by atoms with Crippen molar-refractivity contribution in [1.82, 2.24) is 14.9 Å². The van der Waals surface area contributed by atoms with Gasteiger partial charge in [-0.25, -0.2) is 4.98 Å². The number of nitrogens with one attached hydrogen (secondary N) is 1. The second-order valence-electron chi connectivity index (χ2n) is 5.61. The summed E-state index contributed by atoms with van der Waals surface area (Å²) in [4.78, 5) is 23.8. The van der Waals surface area contributed by atoms with E-state index in [4.69, 9.17) is 0 Å². The van der Waals surface area contributed by atoms with Gasteiger partial charge in [-0.05, 0) is 14.0 Å². The molecule has 110 valence electrons. The maximum Gasteiger partial charge on any atom is 0.252 e. The highest BCUT2D eigenvalue weighted by Gasteiger charge is 2.17. The second kappa shape index (κ2) is 5.69. The van der Waals surface area contributed by atoms with Crippen LogP contribution in [0.15, 0.2) is 35.1 Å². The SMILES string of the molecule is Cc1ccc(-c2cc(=O)[nH]c(N3CCN(C)CC3)n2)cc1. The Morgan fingerprint density at radius 2 is 1.76 bits per heavy atom. The number of benzene rings is 1. The predicted molar refractivity (Wildman–Crippen MR) is 84.7 cm³/mol. The molecule has 2 aromatic rings. The summed E-state index contributed by atoms with van der Waals surface area (Å²) < 4.78 is 0. The predicted octanol–water partition coefficient (Wildman–Crippen LogP) is 1.50. The Morgan fingerprint density at radius 3 is 2.43 bits per heavy atom. The van der Waals surface area contributed by atoms with Crippen molar-refractivity contribution in [2.45, 2.75) is 6.92 Å². The lowest BCUT2D eigenvalue weighted by Gasteiger charge is -2.32. The molecular formula is C16H20N4O. The van der Waals surface area contributed by atoms with Crippen molar-refractivity contribution in [1.29, 1.82) is 0 Å². The Bertz CT molecular complexity index is 669. The third kappa shape index (κ3) is 3.13. The maximum atomic E-state index is 11.9. The first-order valence-electron chi connectivity index (χ1n) is 7.24. The van der Waals surface area contributed by atoms with E-state index in [9.17, 15) is 4.79 Å². The molecule has 1 aromatic heterocycles. The van der Waals surface area contributed by atoms with E-state index >= 15 is 0 Å². The highest BCUT2D eigenvalue weighted by atomic mass is 16.1. The van der Waals surface area contributed by atoms with E-state index in [1.54, 1.807) is 6.07 Å². The van der Waals surface area contributed by atoms with E-state index in [2.05, 4.69) is 26.8 Å². The quantitative estimate of drug-likeness (QED) is 0.908. The van der Waals surface area contributed by atoms with E-state index in [0.717, 1.165) is 37.4 Å². The van der Waals surface area contributed by atoms with Crippen molar-refractivity contribution >= 4 is 5.95 Å². The standard InChI is InChI=1S/C16H20N4O/c1-12-3-5-13(6-4-12)14-11-15(21)18-16(17-14)20-9-7-19(2)8-10-20/h3-6,11H,7-10H2,1-2H3,(H,17,18,21). The lowest BCUT2D eigenvalue weighted by molar-refractivity contribution is 0.311. The number of anilines is 1. The molecule has 5 nitrogen and oxygen atoms in total. The zero-order valence-corrected chi connectivity index (χ0v) is 12.5. The van der Waals surface area contributed by atoms with Crippen molar-refractivity contribution in [2.75, 3.05) is 38.1 Å². The number of piperazine rings is 1. The van der Waals surface area contributed by atoms with Gasteiger partial charge in [-0.2, -0.15) is 0 Å². The number of nitrogens with zero attached hydrogens (tertiary/aromatic N) is 3. The van der Waals surface area contributed by atoms with Gasteiger partial charge in [-0.1, -0.05) is 29.8 Å². The van der Waals surface area contributed by atoms with Crippen molar-refractivity contribution in [2.24, 2.45) is 0 Å². The summed E-state index contributed by atoms with van der Waals surface area (Å²) in [5, 5.41) is 0. The zero-order chi connectivity index (χ0) is 14.8. The van der Waals surface area contributed by atoms with Crippen LogP contribution in [-0.4, -0.2) is 48.1 Å². The van der Waals surface area contributed by atoms with Crippen LogP contribution in [0.4, 0.5) is 5.95 Å². The van der Waals surface area contributed by atoms with Crippen molar-refractivity contribution in [3.05, 3.63) is 46.2 Å². The molecule has 2 heterocycles. The number of aryl methyl sites for hydroxylation is 1.